The average Bonchev–Trinajstić information content (AvgIpc) is 2.36. The second-order valence-corrected chi connectivity index (χ2v) is 6.43. The van der Waals surface area contributed by atoms with Crippen molar-refractivity contribution in [3.05, 3.63) is 34.1 Å². The van der Waals surface area contributed by atoms with Gasteiger partial charge >= 0.3 is 0 Å². The van der Waals surface area contributed by atoms with E-state index in [1.54, 1.807) is 0 Å². The molecule has 1 unspecified atom stereocenters. The Morgan fingerprint density at radius 3 is 2.68 bits per heavy atom. The summed E-state index contributed by atoms with van der Waals surface area (Å²) in [7, 11) is 0. The topological polar surface area (TPSA) is 32.3 Å². The van der Waals surface area contributed by atoms with Crippen LogP contribution >= 0.6 is 15.9 Å². The lowest BCUT2D eigenvalue weighted by molar-refractivity contribution is 0.114. The summed E-state index contributed by atoms with van der Waals surface area (Å²) in [5, 5.41) is 13.0. The second-order valence-electron chi connectivity index (χ2n) is 5.51. The number of nitrogens with one attached hydrogen (secondary N) is 1. The molecule has 2 nitrogen and oxygen atoms in total. The van der Waals surface area contributed by atoms with E-state index in [-0.39, 0.29) is 18.0 Å². The highest BCUT2D eigenvalue weighted by Crippen LogP contribution is 2.20. The Bertz CT molecular complexity index is 419. The van der Waals surface area contributed by atoms with Gasteiger partial charge in [-0.25, -0.2) is 4.39 Å². The van der Waals surface area contributed by atoms with E-state index < -0.39 is 0 Å². The molecule has 0 aromatic heterocycles. The molecule has 1 saturated carbocycles. The zero-order valence-corrected chi connectivity index (χ0v) is 12.8. The van der Waals surface area contributed by atoms with E-state index in [0.717, 1.165) is 35.7 Å². The zero-order chi connectivity index (χ0) is 13.8. The van der Waals surface area contributed by atoms with Crippen LogP contribution in [-0.2, 0) is 6.42 Å². The van der Waals surface area contributed by atoms with Crippen molar-refractivity contribution in [2.45, 2.75) is 57.2 Å². The first-order chi connectivity index (χ1) is 9.04. The van der Waals surface area contributed by atoms with Gasteiger partial charge in [0.15, 0.2) is 0 Å². The number of aliphatic hydroxyl groups is 1. The lowest BCUT2D eigenvalue weighted by atomic mass is 9.92. The molecule has 1 aromatic carbocycles. The molecule has 0 aliphatic heterocycles. The minimum atomic E-state index is -0.151. The second kappa shape index (κ2) is 6.82. The number of aliphatic hydroxyl groups excluding tert-OH is 1. The molecule has 1 aliphatic carbocycles. The molecule has 106 valence electrons. The first-order valence-corrected chi connectivity index (χ1v) is 7.72. The molecule has 0 heterocycles. The average molecular weight is 330 g/mol. The molecule has 1 aliphatic rings. The largest absolute Gasteiger partial charge is 0.393 e. The number of rotatable bonds is 4. The lowest BCUT2D eigenvalue weighted by Gasteiger charge is -2.29. The van der Waals surface area contributed by atoms with Gasteiger partial charge in [-0.15, -0.1) is 0 Å². The molecular formula is C15H21BrFNO. The van der Waals surface area contributed by atoms with Crippen molar-refractivity contribution >= 4 is 15.9 Å². The van der Waals surface area contributed by atoms with E-state index in [2.05, 4.69) is 28.2 Å². The minimum absolute atomic E-state index is 0.128. The Morgan fingerprint density at radius 1 is 1.37 bits per heavy atom. The van der Waals surface area contributed by atoms with Crippen LogP contribution in [0.25, 0.3) is 0 Å². The number of hydrogen-bond donors (Lipinski definition) is 2. The Labute approximate surface area is 122 Å². The molecule has 2 rings (SSSR count). The Hall–Kier alpha value is -0.450. The third-order valence-electron chi connectivity index (χ3n) is 3.76. The summed E-state index contributed by atoms with van der Waals surface area (Å²) >= 11 is 3.27. The molecule has 0 amide bonds. The molecule has 1 aromatic rings. The molecule has 0 radical (unpaired) electrons. The van der Waals surface area contributed by atoms with Gasteiger partial charge in [-0.2, -0.15) is 0 Å². The Balaban J connectivity index is 1.85. The third kappa shape index (κ3) is 4.55. The fraction of sp³-hybridized carbons (Fsp3) is 0.600. The predicted octanol–water partition coefficient (Wildman–Crippen LogP) is 3.41. The van der Waals surface area contributed by atoms with E-state index in [0.29, 0.717) is 12.5 Å². The van der Waals surface area contributed by atoms with Crippen molar-refractivity contribution in [1.29, 1.82) is 0 Å². The Morgan fingerprint density at radius 2 is 2.05 bits per heavy atom. The van der Waals surface area contributed by atoms with Crippen LogP contribution in [0.15, 0.2) is 22.7 Å². The molecular weight excluding hydrogens is 309 g/mol. The van der Waals surface area contributed by atoms with E-state index in [4.69, 9.17) is 0 Å². The van der Waals surface area contributed by atoms with Crippen LogP contribution in [-0.4, -0.2) is 23.3 Å². The van der Waals surface area contributed by atoms with Gasteiger partial charge in [0, 0.05) is 16.6 Å². The SMILES string of the molecule is CC(Cc1ccc(Br)cc1F)NC1CCC(O)CC1. The van der Waals surface area contributed by atoms with Gasteiger partial charge < -0.3 is 10.4 Å². The first kappa shape index (κ1) is 14.9. The number of benzene rings is 1. The fourth-order valence-corrected chi connectivity index (χ4v) is 3.05. The van der Waals surface area contributed by atoms with Crippen molar-refractivity contribution < 1.29 is 9.50 Å². The van der Waals surface area contributed by atoms with E-state index in [1.165, 1.54) is 6.07 Å². The summed E-state index contributed by atoms with van der Waals surface area (Å²) < 4.78 is 14.5. The summed E-state index contributed by atoms with van der Waals surface area (Å²) in [4.78, 5) is 0. The van der Waals surface area contributed by atoms with Crippen molar-refractivity contribution in [3.63, 3.8) is 0 Å². The van der Waals surface area contributed by atoms with Gasteiger partial charge in [0.25, 0.3) is 0 Å². The maximum Gasteiger partial charge on any atom is 0.127 e. The maximum atomic E-state index is 13.7. The highest BCUT2D eigenvalue weighted by molar-refractivity contribution is 9.10. The van der Waals surface area contributed by atoms with Gasteiger partial charge in [-0.05, 0) is 56.7 Å². The lowest BCUT2D eigenvalue weighted by Crippen LogP contribution is -2.40. The molecule has 0 spiro atoms. The van der Waals surface area contributed by atoms with Gasteiger partial charge in [0.1, 0.15) is 5.82 Å². The summed E-state index contributed by atoms with van der Waals surface area (Å²) in [6, 6.07) is 5.93. The number of halogens is 2. The van der Waals surface area contributed by atoms with Crippen LogP contribution in [0.2, 0.25) is 0 Å². The molecule has 1 atom stereocenters. The van der Waals surface area contributed by atoms with E-state index in [9.17, 15) is 9.50 Å². The number of hydrogen-bond acceptors (Lipinski definition) is 2. The summed E-state index contributed by atoms with van der Waals surface area (Å²) in [5.41, 5.74) is 0.749. The molecule has 2 N–H and O–H groups in total. The molecule has 1 fully saturated rings. The normalized spacial score (nSPS) is 25.3. The van der Waals surface area contributed by atoms with Crippen LogP contribution in [0.4, 0.5) is 4.39 Å². The van der Waals surface area contributed by atoms with Crippen molar-refractivity contribution in [3.8, 4) is 0 Å². The first-order valence-electron chi connectivity index (χ1n) is 6.92. The molecule has 0 bridgehead atoms. The van der Waals surface area contributed by atoms with E-state index >= 15 is 0 Å². The van der Waals surface area contributed by atoms with Crippen LogP contribution < -0.4 is 5.32 Å². The predicted molar refractivity (Wildman–Crippen MR) is 78.7 cm³/mol. The van der Waals surface area contributed by atoms with Crippen molar-refractivity contribution in [2.75, 3.05) is 0 Å². The third-order valence-corrected chi connectivity index (χ3v) is 4.25. The van der Waals surface area contributed by atoms with Gasteiger partial charge in [0.05, 0.1) is 6.10 Å². The van der Waals surface area contributed by atoms with Crippen LogP contribution in [0, 0.1) is 5.82 Å². The minimum Gasteiger partial charge on any atom is -0.393 e. The van der Waals surface area contributed by atoms with Crippen LogP contribution in [0.1, 0.15) is 38.2 Å². The highest BCUT2D eigenvalue weighted by Gasteiger charge is 2.20. The summed E-state index contributed by atoms with van der Waals surface area (Å²) in [6.45, 7) is 2.09. The molecule has 0 saturated heterocycles. The summed E-state index contributed by atoms with van der Waals surface area (Å²) in [5.74, 6) is -0.151. The van der Waals surface area contributed by atoms with Crippen LogP contribution in [0.5, 0.6) is 0 Å². The van der Waals surface area contributed by atoms with Crippen molar-refractivity contribution in [2.24, 2.45) is 0 Å². The highest BCUT2D eigenvalue weighted by atomic mass is 79.9. The smallest absolute Gasteiger partial charge is 0.127 e. The standard InChI is InChI=1S/C15H21BrFNO/c1-10(18-13-4-6-14(19)7-5-13)8-11-2-3-12(16)9-15(11)17/h2-3,9-10,13-14,18-19H,4-8H2,1H3. The fourth-order valence-electron chi connectivity index (χ4n) is 2.72. The maximum absolute atomic E-state index is 13.7. The van der Waals surface area contributed by atoms with Gasteiger partial charge in [-0.3, -0.25) is 0 Å². The van der Waals surface area contributed by atoms with Gasteiger partial charge in [-0.1, -0.05) is 22.0 Å². The van der Waals surface area contributed by atoms with E-state index in [1.807, 2.05) is 12.1 Å². The van der Waals surface area contributed by atoms with Gasteiger partial charge in [0.2, 0.25) is 0 Å². The van der Waals surface area contributed by atoms with Crippen molar-refractivity contribution in [1.82, 2.24) is 5.32 Å². The van der Waals surface area contributed by atoms with Crippen LogP contribution in [0.3, 0.4) is 0 Å². The zero-order valence-electron chi connectivity index (χ0n) is 11.2. The Kier molecular flexibility index (Phi) is 5.37. The summed E-state index contributed by atoms with van der Waals surface area (Å²) in [6.07, 6.45) is 4.33. The quantitative estimate of drug-likeness (QED) is 0.887. The monoisotopic (exact) mass is 329 g/mol. The molecule has 4 heteroatoms. The molecule has 19 heavy (non-hydrogen) atoms.